The molecule has 0 radical (unpaired) electrons. The van der Waals surface area contributed by atoms with Crippen LogP contribution >= 0.6 is 0 Å². The summed E-state index contributed by atoms with van der Waals surface area (Å²) in [5, 5.41) is 0. The zero-order valence-electron chi connectivity index (χ0n) is 14.1. The van der Waals surface area contributed by atoms with E-state index in [9.17, 15) is 0 Å². The van der Waals surface area contributed by atoms with Gasteiger partial charge in [0.05, 0.1) is 0 Å². The predicted octanol–water partition coefficient (Wildman–Crippen LogP) is 7.43. The third-order valence-corrected chi connectivity index (χ3v) is 5.05. The molecule has 1 fully saturated rings. The first kappa shape index (κ1) is 17.8. The van der Waals surface area contributed by atoms with E-state index in [1.54, 1.807) is 0 Å². The molecular formula is C20H38. The number of allylic oxidation sites excluding steroid dienone is 1. The van der Waals surface area contributed by atoms with Gasteiger partial charge < -0.3 is 0 Å². The SMILES string of the molecule is C=C(CC)CC1CCCCCCCCCCCCCC1. The van der Waals surface area contributed by atoms with Crippen molar-refractivity contribution < 1.29 is 0 Å². The summed E-state index contributed by atoms with van der Waals surface area (Å²) in [6, 6.07) is 0. The lowest BCUT2D eigenvalue weighted by atomic mass is 9.88. The van der Waals surface area contributed by atoms with E-state index in [4.69, 9.17) is 0 Å². The Morgan fingerprint density at radius 2 is 1.05 bits per heavy atom. The maximum atomic E-state index is 4.24. The van der Waals surface area contributed by atoms with Gasteiger partial charge >= 0.3 is 0 Å². The van der Waals surface area contributed by atoms with Crippen LogP contribution in [0.4, 0.5) is 0 Å². The minimum atomic E-state index is 0.938. The van der Waals surface area contributed by atoms with Crippen LogP contribution in [0.15, 0.2) is 12.2 Å². The fourth-order valence-corrected chi connectivity index (χ4v) is 3.53. The van der Waals surface area contributed by atoms with Crippen LogP contribution in [0.2, 0.25) is 0 Å². The van der Waals surface area contributed by atoms with E-state index in [-0.39, 0.29) is 0 Å². The molecule has 0 nitrogen and oxygen atoms in total. The molecule has 0 aromatic carbocycles. The second kappa shape index (κ2) is 12.5. The highest BCUT2D eigenvalue weighted by molar-refractivity contribution is 4.94. The molecule has 0 aromatic rings. The van der Waals surface area contributed by atoms with E-state index in [2.05, 4.69) is 13.5 Å². The van der Waals surface area contributed by atoms with Gasteiger partial charge in [-0.05, 0) is 18.8 Å². The van der Waals surface area contributed by atoms with E-state index in [1.807, 2.05) is 0 Å². The largest absolute Gasteiger partial charge is 0.0999 e. The van der Waals surface area contributed by atoms with Gasteiger partial charge in [0, 0.05) is 0 Å². The van der Waals surface area contributed by atoms with E-state index in [0.29, 0.717) is 0 Å². The third kappa shape index (κ3) is 9.61. The highest BCUT2D eigenvalue weighted by atomic mass is 14.2. The van der Waals surface area contributed by atoms with Crippen LogP contribution < -0.4 is 0 Å². The normalized spacial score (nSPS) is 21.9. The van der Waals surface area contributed by atoms with E-state index >= 15 is 0 Å². The van der Waals surface area contributed by atoms with Crippen LogP contribution in [0.25, 0.3) is 0 Å². The first-order valence-electron chi connectivity index (χ1n) is 9.49. The van der Waals surface area contributed by atoms with Crippen molar-refractivity contribution in [3.8, 4) is 0 Å². The quantitative estimate of drug-likeness (QED) is 0.471. The Labute approximate surface area is 128 Å². The zero-order chi connectivity index (χ0) is 14.5. The molecule has 0 aromatic heterocycles. The Kier molecular flexibility index (Phi) is 11.1. The van der Waals surface area contributed by atoms with Gasteiger partial charge in [-0.25, -0.2) is 0 Å². The lowest BCUT2D eigenvalue weighted by Gasteiger charge is -2.18. The Morgan fingerprint density at radius 3 is 1.40 bits per heavy atom. The van der Waals surface area contributed by atoms with Crippen molar-refractivity contribution in [2.75, 3.05) is 0 Å². The molecule has 0 heteroatoms. The summed E-state index contributed by atoms with van der Waals surface area (Å²) >= 11 is 0. The molecule has 20 heavy (non-hydrogen) atoms. The zero-order valence-corrected chi connectivity index (χ0v) is 14.1. The van der Waals surface area contributed by atoms with Crippen LogP contribution in [0.1, 0.15) is 110 Å². The summed E-state index contributed by atoms with van der Waals surface area (Å²) in [6.45, 7) is 6.50. The van der Waals surface area contributed by atoms with Crippen LogP contribution in [0.5, 0.6) is 0 Å². The minimum absolute atomic E-state index is 0.938. The van der Waals surface area contributed by atoms with Gasteiger partial charge in [-0.3, -0.25) is 0 Å². The molecule has 0 bridgehead atoms. The Morgan fingerprint density at radius 1 is 0.700 bits per heavy atom. The van der Waals surface area contributed by atoms with Crippen molar-refractivity contribution >= 4 is 0 Å². The first-order chi connectivity index (χ1) is 9.83. The standard InChI is InChI=1S/C20H38/c1-3-19(2)18-20-16-14-12-10-8-6-4-5-7-9-11-13-15-17-20/h20H,2-18H2,1H3. The van der Waals surface area contributed by atoms with Gasteiger partial charge in [0.15, 0.2) is 0 Å². The highest BCUT2D eigenvalue weighted by Gasteiger charge is 2.10. The van der Waals surface area contributed by atoms with Gasteiger partial charge in [0.1, 0.15) is 0 Å². The number of hydrogen-bond donors (Lipinski definition) is 0. The molecular weight excluding hydrogens is 240 g/mol. The lowest BCUT2D eigenvalue weighted by molar-refractivity contribution is 0.399. The molecule has 0 heterocycles. The second-order valence-corrected chi connectivity index (χ2v) is 6.99. The van der Waals surface area contributed by atoms with Gasteiger partial charge in [-0.1, -0.05) is 109 Å². The second-order valence-electron chi connectivity index (χ2n) is 6.99. The van der Waals surface area contributed by atoms with Gasteiger partial charge in [0.25, 0.3) is 0 Å². The van der Waals surface area contributed by atoms with E-state index < -0.39 is 0 Å². The van der Waals surface area contributed by atoms with Crippen LogP contribution in [-0.4, -0.2) is 0 Å². The monoisotopic (exact) mass is 278 g/mol. The molecule has 0 amide bonds. The summed E-state index contributed by atoms with van der Waals surface area (Å²) in [5.74, 6) is 0.938. The average Bonchev–Trinajstić information content (AvgIpc) is 2.47. The minimum Gasteiger partial charge on any atom is -0.0999 e. The van der Waals surface area contributed by atoms with Crippen molar-refractivity contribution in [1.82, 2.24) is 0 Å². The van der Waals surface area contributed by atoms with Crippen molar-refractivity contribution in [2.24, 2.45) is 5.92 Å². The van der Waals surface area contributed by atoms with Crippen molar-refractivity contribution in [3.63, 3.8) is 0 Å². The molecule has 118 valence electrons. The molecule has 1 rings (SSSR count). The molecule has 0 saturated heterocycles. The van der Waals surface area contributed by atoms with Gasteiger partial charge in [-0.15, -0.1) is 0 Å². The average molecular weight is 279 g/mol. The van der Waals surface area contributed by atoms with Crippen LogP contribution in [-0.2, 0) is 0 Å². The summed E-state index contributed by atoms with van der Waals surface area (Å²) in [6.07, 6.45) is 23.1. The van der Waals surface area contributed by atoms with Crippen molar-refractivity contribution in [2.45, 2.75) is 110 Å². The molecule has 1 aliphatic carbocycles. The lowest BCUT2D eigenvalue weighted by Crippen LogP contribution is -2.02. The number of hydrogen-bond acceptors (Lipinski definition) is 0. The maximum absolute atomic E-state index is 4.24. The fourth-order valence-electron chi connectivity index (χ4n) is 3.53. The highest BCUT2D eigenvalue weighted by Crippen LogP contribution is 2.26. The fraction of sp³-hybridized carbons (Fsp3) is 0.900. The summed E-state index contributed by atoms with van der Waals surface area (Å²) in [5.41, 5.74) is 1.48. The molecule has 0 spiro atoms. The maximum Gasteiger partial charge on any atom is -0.0295 e. The van der Waals surface area contributed by atoms with Gasteiger partial charge in [0.2, 0.25) is 0 Å². The Hall–Kier alpha value is -0.260. The Bertz CT molecular complexity index is 212. The molecule has 0 atom stereocenters. The topological polar surface area (TPSA) is 0 Å². The van der Waals surface area contributed by atoms with E-state index in [0.717, 1.165) is 5.92 Å². The summed E-state index contributed by atoms with van der Waals surface area (Å²) in [7, 11) is 0. The smallest absolute Gasteiger partial charge is 0.0295 e. The van der Waals surface area contributed by atoms with Crippen molar-refractivity contribution in [3.05, 3.63) is 12.2 Å². The van der Waals surface area contributed by atoms with Crippen molar-refractivity contribution in [1.29, 1.82) is 0 Å². The van der Waals surface area contributed by atoms with Crippen LogP contribution in [0.3, 0.4) is 0 Å². The summed E-state index contributed by atoms with van der Waals surface area (Å²) in [4.78, 5) is 0. The first-order valence-corrected chi connectivity index (χ1v) is 9.49. The molecule has 0 N–H and O–H groups in total. The molecule has 1 saturated carbocycles. The van der Waals surface area contributed by atoms with E-state index in [1.165, 1.54) is 108 Å². The molecule has 0 unspecified atom stereocenters. The predicted molar refractivity (Wildman–Crippen MR) is 92.2 cm³/mol. The Balaban J connectivity index is 2.30. The number of rotatable bonds is 3. The molecule has 0 aliphatic heterocycles. The van der Waals surface area contributed by atoms with Gasteiger partial charge in [-0.2, -0.15) is 0 Å². The van der Waals surface area contributed by atoms with Crippen LogP contribution in [0, 0.1) is 5.92 Å². The molecule has 1 aliphatic rings. The summed E-state index contributed by atoms with van der Waals surface area (Å²) < 4.78 is 0. The third-order valence-electron chi connectivity index (χ3n) is 5.05.